The Morgan fingerprint density at radius 3 is 2.52 bits per heavy atom. The summed E-state index contributed by atoms with van der Waals surface area (Å²) >= 11 is 0. The second kappa shape index (κ2) is 14.9. The number of ether oxygens (including phenoxy) is 3. The monoisotopic (exact) mass is 583 g/mol. The molecule has 0 aliphatic carbocycles. The van der Waals surface area contributed by atoms with E-state index in [1.165, 1.54) is 12.1 Å². The zero-order valence-electron chi connectivity index (χ0n) is 25.7. The first-order valence-corrected chi connectivity index (χ1v) is 15.2. The van der Waals surface area contributed by atoms with Crippen molar-refractivity contribution in [3.8, 4) is 16.9 Å². The summed E-state index contributed by atoms with van der Waals surface area (Å²) in [5.41, 5.74) is 2.03. The summed E-state index contributed by atoms with van der Waals surface area (Å²) in [6, 6.07) is 10.2. The van der Waals surface area contributed by atoms with E-state index in [1.807, 2.05) is 30.9 Å². The van der Waals surface area contributed by atoms with Gasteiger partial charge in [-0.3, -0.25) is 9.59 Å². The van der Waals surface area contributed by atoms with E-state index >= 15 is 4.39 Å². The quantitative estimate of drug-likeness (QED) is 0.387. The molecule has 2 fully saturated rings. The first kappa shape index (κ1) is 31.9. The number of piperidine rings is 1. The topological polar surface area (TPSA) is 80.3 Å². The van der Waals surface area contributed by atoms with Gasteiger partial charge >= 0.3 is 0 Å². The largest absolute Gasteiger partial charge is 0.493 e. The SMILES string of the molecule is COCCCOc1cc(CC(=O)N(C(C)C)[C@@H]2CCCNC2)ccc1-c1cc(C(=O)N2C[C@@H](C)O[C@@H](C)C2)ccc1F. The fourth-order valence-corrected chi connectivity index (χ4v) is 6.05. The first-order chi connectivity index (χ1) is 20.2. The molecule has 2 aromatic carbocycles. The number of hydrogen-bond acceptors (Lipinski definition) is 6. The van der Waals surface area contributed by atoms with Gasteiger partial charge in [-0.2, -0.15) is 0 Å². The maximum atomic E-state index is 15.3. The first-order valence-electron chi connectivity index (χ1n) is 15.2. The summed E-state index contributed by atoms with van der Waals surface area (Å²) in [4.78, 5) is 30.7. The molecule has 2 amide bonds. The highest BCUT2D eigenvalue weighted by atomic mass is 19.1. The number of hydrogen-bond donors (Lipinski definition) is 1. The van der Waals surface area contributed by atoms with Crippen molar-refractivity contribution in [2.45, 2.75) is 77.7 Å². The lowest BCUT2D eigenvalue weighted by atomic mass is 9.97. The van der Waals surface area contributed by atoms with Crippen LogP contribution in [0.25, 0.3) is 11.1 Å². The van der Waals surface area contributed by atoms with Crippen LogP contribution in [0.2, 0.25) is 0 Å². The minimum atomic E-state index is -0.448. The van der Waals surface area contributed by atoms with Crippen molar-refractivity contribution < 1.29 is 28.2 Å². The molecule has 9 heteroatoms. The van der Waals surface area contributed by atoms with Gasteiger partial charge in [-0.25, -0.2) is 4.39 Å². The van der Waals surface area contributed by atoms with Crippen molar-refractivity contribution in [3.05, 3.63) is 53.3 Å². The van der Waals surface area contributed by atoms with Crippen molar-refractivity contribution in [3.63, 3.8) is 0 Å². The minimum Gasteiger partial charge on any atom is -0.493 e. The van der Waals surface area contributed by atoms with Crippen molar-refractivity contribution in [1.82, 2.24) is 15.1 Å². The average molecular weight is 584 g/mol. The highest BCUT2D eigenvalue weighted by Gasteiger charge is 2.29. The third kappa shape index (κ3) is 8.08. The smallest absolute Gasteiger partial charge is 0.254 e. The Morgan fingerprint density at radius 2 is 1.86 bits per heavy atom. The van der Waals surface area contributed by atoms with Crippen LogP contribution in [0.15, 0.2) is 36.4 Å². The number of amides is 2. The summed E-state index contributed by atoms with van der Waals surface area (Å²) in [6.07, 6.45) is 2.77. The van der Waals surface area contributed by atoms with Crippen molar-refractivity contribution in [2.24, 2.45) is 0 Å². The van der Waals surface area contributed by atoms with E-state index in [2.05, 4.69) is 19.2 Å². The van der Waals surface area contributed by atoms with Crippen LogP contribution in [0.1, 0.15) is 62.9 Å². The van der Waals surface area contributed by atoms with Crippen LogP contribution in [0.3, 0.4) is 0 Å². The average Bonchev–Trinajstić information content (AvgIpc) is 2.95. The van der Waals surface area contributed by atoms with Gasteiger partial charge in [-0.05, 0) is 76.9 Å². The molecule has 42 heavy (non-hydrogen) atoms. The van der Waals surface area contributed by atoms with Gasteiger partial charge in [0.15, 0.2) is 0 Å². The Morgan fingerprint density at radius 1 is 1.10 bits per heavy atom. The van der Waals surface area contributed by atoms with Crippen LogP contribution in [0.5, 0.6) is 5.75 Å². The highest BCUT2D eigenvalue weighted by Crippen LogP contribution is 2.34. The molecule has 2 saturated heterocycles. The number of morpholine rings is 1. The van der Waals surface area contributed by atoms with Crippen LogP contribution in [0, 0.1) is 5.82 Å². The van der Waals surface area contributed by atoms with E-state index in [0.717, 1.165) is 31.5 Å². The van der Waals surface area contributed by atoms with Gasteiger partial charge in [0.05, 0.1) is 25.2 Å². The Kier molecular flexibility index (Phi) is 11.4. The fourth-order valence-electron chi connectivity index (χ4n) is 6.05. The molecule has 1 N–H and O–H groups in total. The molecule has 2 aliphatic rings. The summed E-state index contributed by atoms with van der Waals surface area (Å²) in [5.74, 6) is -0.0703. The number of carbonyl (C=O) groups is 2. The predicted octanol–water partition coefficient (Wildman–Crippen LogP) is 4.69. The molecule has 8 nitrogen and oxygen atoms in total. The summed E-state index contributed by atoms with van der Waals surface area (Å²) < 4.78 is 32.4. The molecular formula is C33H46FN3O5. The lowest BCUT2D eigenvalue weighted by Crippen LogP contribution is -2.52. The van der Waals surface area contributed by atoms with E-state index < -0.39 is 5.82 Å². The van der Waals surface area contributed by atoms with Crippen molar-refractivity contribution in [2.75, 3.05) is 46.5 Å². The third-order valence-corrected chi connectivity index (χ3v) is 7.87. The Balaban J connectivity index is 1.61. The summed E-state index contributed by atoms with van der Waals surface area (Å²) in [7, 11) is 1.63. The third-order valence-electron chi connectivity index (χ3n) is 7.87. The molecule has 2 aliphatic heterocycles. The van der Waals surface area contributed by atoms with E-state index in [0.29, 0.717) is 49.6 Å². The molecule has 4 rings (SSSR count). The van der Waals surface area contributed by atoms with Crippen LogP contribution in [0.4, 0.5) is 4.39 Å². The van der Waals surface area contributed by atoms with Gasteiger partial charge in [0.1, 0.15) is 11.6 Å². The van der Waals surface area contributed by atoms with Gasteiger partial charge in [0, 0.05) is 68.5 Å². The summed E-state index contributed by atoms with van der Waals surface area (Å²) in [5, 5.41) is 3.41. The number of nitrogens with one attached hydrogen (secondary N) is 1. The van der Waals surface area contributed by atoms with Crippen LogP contribution >= 0.6 is 0 Å². The Bertz CT molecular complexity index is 1210. The normalized spacial score (nSPS) is 20.9. The standard InChI is InChI=1S/C33H46FN3O5/c1-22(2)37(27-8-6-13-35-19-27)32(38)17-25-9-11-28(31(16-25)41-15-7-14-40-5)29-18-26(10-12-30(29)34)33(39)36-20-23(3)42-24(4)21-36/h9-12,16,18,22-24,27,35H,6-8,13-15,17,19-21H2,1-5H3/t23-,24+,27-/m1/s1. The zero-order chi connectivity index (χ0) is 30.2. The van der Waals surface area contributed by atoms with Crippen LogP contribution < -0.4 is 10.1 Å². The lowest BCUT2D eigenvalue weighted by Gasteiger charge is -2.37. The van der Waals surface area contributed by atoms with E-state index in [4.69, 9.17) is 14.2 Å². The highest BCUT2D eigenvalue weighted by molar-refractivity contribution is 5.96. The zero-order valence-corrected chi connectivity index (χ0v) is 25.7. The molecule has 0 bridgehead atoms. The molecule has 230 valence electrons. The molecule has 0 radical (unpaired) electrons. The van der Waals surface area contributed by atoms with Crippen LogP contribution in [-0.2, 0) is 20.7 Å². The molecule has 0 saturated carbocycles. The second-order valence-electron chi connectivity index (χ2n) is 11.8. The van der Waals surface area contributed by atoms with E-state index in [9.17, 15) is 9.59 Å². The number of rotatable bonds is 11. The molecule has 0 aromatic heterocycles. The molecule has 2 aromatic rings. The minimum absolute atomic E-state index is 0.0597. The molecule has 3 atom stereocenters. The fraction of sp³-hybridized carbons (Fsp3) is 0.576. The van der Waals surface area contributed by atoms with Crippen LogP contribution in [-0.4, -0.2) is 92.4 Å². The van der Waals surface area contributed by atoms with Gasteiger partial charge in [0.2, 0.25) is 5.91 Å². The molecule has 0 spiro atoms. The Labute approximate surface area is 249 Å². The summed E-state index contributed by atoms with van der Waals surface area (Å²) in [6.45, 7) is 11.6. The number of nitrogens with zero attached hydrogens (tertiary/aromatic N) is 2. The lowest BCUT2D eigenvalue weighted by molar-refractivity contribution is -0.135. The second-order valence-corrected chi connectivity index (χ2v) is 11.8. The van der Waals surface area contributed by atoms with Crippen molar-refractivity contribution >= 4 is 11.8 Å². The maximum Gasteiger partial charge on any atom is 0.254 e. The number of benzene rings is 2. The Hall–Kier alpha value is -3.01. The van der Waals surface area contributed by atoms with Gasteiger partial charge < -0.3 is 29.3 Å². The van der Waals surface area contributed by atoms with Gasteiger partial charge in [-0.1, -0.05) is 12.1 Å². The van der Waals surface area contributed by atoms with Gasteiger partial charge in [-0.15, -0.1) is 0 Å². The number of methoxy groups -OCH3 is 1. The number of halogens is 1. The van der Waals surface area contributed by atoms with E-state index in [-0.39, 0.29) is 48.1 Å². The van der Waals surface area contributed by atoms with E-state index in [1.54, 1.807) is 24.1 Å². The maximum absolute atomic E-state index is 15.3. The number of carbonyl (C=O) groups excluding carboxylic acids is 2. The molecular weight excluding hydrogens is 537 g/mol. The van der Waals surface area contributed by atoms with Crippen molar-refractivity contribution in [1.29, 1.82) is 0 Å². The predicted molar refractivity (Wildman–Crippen MR) is 161 cm³/mol. The van der Waals surface area contributed by atoms with Gasteiger partial charge in [0.25, 0.3) is 5.91 Å². The molecule has 0 unspecified atom stereocenters. The molecule has 2 heterocycles.